The van der Waals surface area contributed by atoms with Crippen molar-refractivity contribution in [1.82, 2.24) is 0 Å². The molecule has 1 aromatic rings. The zero-order chi connectivity index (χ0) is 13.5. The predicted molar refractivity (Wildman–Crippen MR) is 72.9 cm³/mol. The van der Waals surface area contributed by atoms with Crippen molar-refractivity contribution in [3.63, 3.8) is 0 Å². The summed E-state index contributed by atoms with van der Waals surface area (Å²) in [5, 5.41) is 4.19. The first-order chi connectivity index (χ1) is 9.18. The highest BCUT2D eigenvalue weighted by atomic mass is 16.6. The average Bonchev–Trinajstić information content (AvgIpc) is 2.45. The minimum Gasteiger partial charge on any atom is -0.497 e. The molecule has 1 aliphatic carbocycles. The third-order valence-electron chi connectivity index (χ3n) is 4.38. The van der Waals surface area contributed by atoms with Crippen LogP contribution in [0.15, 0.2) is 23.4 Å². The van der Waals surface area contributed by atoms with E-state index in [-0.39, 0.29) is 5.60 Å². The molecule has 1 saturated carbocycles. The number of oxime groups is 1. The van der Waals surface area contributed by atoms with Gasteiger partial charge in [0.2, 0.25) is 0 Å². The van der Waals surface area contributed by atoms with Gasteiger partial charge in [0.15, 0.2) is 0 Å². The van der Waals surface area contributed by atoms with Crippen LogP contribution in [-0.2, 0) is 4.84 Å². The Kier molecular flexibility index (Phi) is 2.88. The first kappa shape index (κ1) is 12.3. The Balaban J connectivity index is 2.04. The molecule has 0 amide bonds. The second-order valence-corrected chi connectivity index (χ2v) is 5.37. The van der Waals surface area contributed by atoms with E-state index in [0.717, 1.165) is 35.6 Å². The summed E-state index contributed by atoms with van der Waals surface area (Å²) < 4.78 is 11.5. The van der Waals surface area contributed by atoms with E-state index in [2.05, 4.69) is 12.1 Å². The van der Waals surface area contributed by atoms with E-state index in [4.69, 9.17) is 14.3 Å². The lowest BCUT2D eigenvalue weighted by Crippen LogP contribution is -2.54. The van der Waals surface area contributed by atoms with Gasteiger partial charge in [0.05, 0.1) is 12.8 Å². The zero-order valence-electron chi connectivity index (χ0n) is 11.6. The summed E-state index contributed by atoms with van der Waals surface area (Å²) in [4.78, 5) is 4.99. The normalized spacial score (nSPS) is 30.5. The van der Waals surface area contributed by atoms with E-state index in [0.29, 0.717) is 5.92 Å². The standard InChI is InChI=1S/C15H19NO3/c1-10-6-7-15(10)9-13(16-18-3)12-5-4-11(17-2)8-14(12)19-15/h4-5,8,10H,6-7,9H2,1-3H3. The number of benzene rings is 1. The molecule has 19 heavy (non-hydrogen) atoms. The molecule has 2 aliphatic rings. The number of hydrogen-bond donors (Lipinski definition) is 0. The monoisotopic (exact) mass is 261 g/mol. The molecule has 3 rings (SSSR count). The molecule has 0 N–H and O–H groups in total. The fourth-order valence-electron chi connectivity index (χ4n) is 2.95. The minimum absolute atomic E-state index is 0.100. The lowest BCUT2D eigenvalue weighted by atomic mass is 9.66. The summed E-state index contributed by atoms with van der Waals surface area (Å²) in [6.45, 7) is 2.24. The lowest BCUT2D eigenvalue weighted by molar-refractivity contribution is -0.0603. The summed E-state index contributed by atoms with van der Waals surface area (Å²) in [5.41, 5.74) is 1.88. The molecule has 1 spiro atoms. The maximum atomic E-state index is 6.27. The van der Waals surface area contributed by atoms with Gasteiger partial charge in [-0.3, -0.25) is 0 Å². The Labute approximate surface area is 113 Å². The number of hydrogen-bond acceptors (Lipinski definition) is 4. The van der Waals surface area contributed by atoms with Crippen LogP contribution in [0.3, 0.4) is 0 Å². The molecule has 2 atom stereocenters. The van der Waals surface area contributed by atoms with Crippen LogP contribution in [0.1, 0.15) is 31.7 Å². The van der Waals surface area contributed by atoms with Crippen molar-refractivity contribution in [3.8, 4) is 11.5 Å². The smallest absolute Gasteiger partial charge is 0.133 e. The molecule has 4 nitrogen and oxygen atoms in total. The second-order valence-electron chi connectivity index (χ2n) is 5.37. The van der Waals surface area contributed by atoms with E-state index in [1.165, 1.54) is 6.42 Å². The van der Waals surface area contributed by atoms with E-state index < -0.39 is 0 Å². The highest BCUT2D eigenvalue weighted by Gasteiger charge is 2.50. The van der Waals surface area contributed by atoms with Gasteiger partial charge in [-0.2, -0.15) is 0 Å². The summed E-state index contributed by atoms with van der Waals surface area (Å²) in [6, 6.07) is 5.85. The molecule has 1 fully saturated rings. The van der Waals surface area contributed by atoms with Crippen LogP contribution in [0.2, 0.25) is 0 Å². The topological polar surface area (TPSA) is 40.0 Å². The minimum atomic E-state index is -0.100. The maximum absolute atomic E-state index is 6.27. The maximum Gasteiger partial charge on any atom is 0.133 e. The van der Waals surface area contributed by atoms with Crippen LogP contribution in [0.4, 0.5) is 0 Å². The molecule has 0 saturated heterocycles. The van der Waals surface area contributed by atoms with Crippen molar-refractivity contribution in [2.75, 3.05) is 14.2 Å². The lowest BCUT2D eigenvalue weighted by Gasteiger charge is -2.50. The van der Waals surface area contributed by atoms with Crippen molar-refractivity contribution in [1.29, 1.82) is 0 Å². The molecule has 0 bridgehead atoms. The molecular formula is C15H19NO3. The number of methoxy groups -OCH3 is 1. The first-order valence-corrected chi connectivity index (χ1v) is 6.66. The number of rotatable bonds is 2. The predicted octanol–water partition coefficient (Wildman–Crippen LogP) is 3.00. The fourth-order valence-corrected chi connectivity index (χ4v) is 2.95. The molecule has 4 heteroatoms. The van der Waals surface area contributed by atoms with Crippen LogP contribution in [0.5, 0.6) is 11.5 Å². The molecule has 1 aliphatic heterocycles. The third-order valence-corrected chi connectivity index (χ3v) is 4.38. The third kappa shape index (κ3) is 1.86. The highest BCUT2D eigenvalue weighted by molar-refractivity contribution is 6.04. The van der Waals surface area contributed by atoms with Crippen molar-refractivity contribution in [3.05, 3.63) is 23.8 Å². The molecule has 1 aromatic carbocycles. The van der Waals surface area contributed by atoms with Gasteiger partial charge in [0.25, 0.3) is 0 Å². The Morgan fingerprint density at radius 3 is 2.79 bits per heavy atom. The number of ether oxygens (including phenoxy) is 2. The quantitative estimate of drug-likeness (QED) is 0.768. The van der Waals surface area contributed by atoms with Crippen LogP contribution < -0.4 is 9.47 Å². The molecule has 102 valence electrons. The van der Waals surface area contributed by atoms with E-state index in [9.17, 15) is 0 Å². The van der Waals surface area contributed by atoms with Gasteiger partial charge in [-0.05, 0) is 30.9 Å². The zero-order valence-corrected chi connectivity index (χ0v) is 11.6. The van der Waals surface area contributed by atoms with Gasteiger partial charge < -0.3 is 14.3 Å². The Morgan fingerprint density at radius 1 is 1.37 bits per heavy atom. The van der Waals surface area contributed by atoms with Crippen LogP contribution >= 0.6 is 0 Å². The van der Waals surface area contributed by atoms with Crippen LogP contribution in [0, 0.1) is 5.92 Å². The number of fused-ring (bicyclic) bond motifs is 1. The molecule has 0 aromatic heterocycles. The van der Waals surface area contributed by atoms with Crippen molar-refractivity contribution >= 4 is 5.71 Å². The molecule has 1 heterocycles. The first-order valence-electron chi connectivity index (χ1n) is 6.66. The molecule has 0 radical (unpaired) electrons. The molecular weight excluding hydrogens is 242 g/mol. The SMILES string of the molecule is CON=C1CC2(CCC2C)Oc2cc(OC)ccc21. The van der Waals surface area contributed by atoms with Gasteiger partial charge in [0.1, 0.15) is 24.2 Å². The summed E-state index contributed by atoms with van der Waals surface area (Å²) in [6.07, 6.45) is 3.11. The highest BCUT2D eigenvalue weighted by Crippen LogP contribution is 2.49. The van der Waals surface area contributed by atoms with E-state index >= 15 is 0 Å². The van der Waals surface area contributed by atoms with Crippen LogP contribution in [-0.4, -0.2) is 25.5 Å². The van der Waals surface area contributed by atoms with Gasteiger partial charge >= 0.3 is 0 Å². The van der Waals surface area contributed by atoms with Crippen molar-refractivity contribution in [2.24, 2.45) is 11.1 Å². The van der Waals surface area contributed by atoms with E-state index in [1.807, 2.05) is 18.2 Å². The summed E-state index contributed by atoms with van der Waals surface area (Å²) >= 11 is 0. The average molecular weight is 261 g/mol. The Hall–Kier alpha value is -1.71. The van der Waals surface area contributed by atoms with Crippen molar-refractivity contribution < 1.29 is 14.3 Å². The number of nitrogens with zero attached hydrogens (tertiary/aromatic N) is 1. The van der Waals surface area contributed by atoms with E-state index in [1.54, 1.807) is 14.2 Å². The summed E-state index contributed by atoms with van der Waals surface area (Å²) in [5.74, 6) is 2.21. The second kappa shape index (κ2) is 4.44. The molecule has 2 unspecified atom stereocenters. The van der Waals surface area contributed by atoms with Gasteiger partial charge in [-0.25, -0.2) is 0 Å². The Morgan fingerprint density at radius 2 is 2.21 bits per heavy atom. The van der Waals surface area contributed by atoms with Crippen LogP contribution in [0.25, 0.3) is 0 Å². The van der Waals surface area contributed by atoms with Gasteiger partial charge in [-0.1, -0.05) is 12.1 Å². The largest absolute Gasteiger partial charge is 0.497 e. The van der Waals surface area contributed by atoms with Crippen molar-refractivity contribution in [2.45, 2.75) is 31.8 Å². The Bertz CT molecular complexity index is 526. The van der Waals surface area contributed by atoms with Gasteiger partial charge in [-0.15, -0.1) is 0 Å². The van der Waals surface area contributed by atoms with Gasteiger partial charge in [0, 0.05) is 18.1 Å². The summed E-state index contributed by atoms with van der Waals surface area (Å²) in [7, 11) is 3.25. The fraction of sp³-hybridized carbons (Fsp3) is 0.533.